The van der Waals surface area contributed by atoms with Crippen LogP contribution >= 0.6 is 0 Å². The maximum atomic E-state index is 10.4. The van der Waals surface area contributed by atoms with Gasteiger partial charge in [-0.15, -0.1) is 0 Å². The van der Waals surface area contributed by atoms with Gasteiger partial charge in [0.1, 0.15) is 11.7 Å². The van der Waals surface area contributed by atoms with Crippen LogP contribution in [0.2, 0.25) is 0 Å². The molecule has 0 aromatic carbocycles. The number of carbonyl (C=O) groups is 2. The Balaban J connectivity index is 2.19. The minimum absolute atomic E-state index is 0.0775. The largest absolute Gasteiger partial charge is 0.351 e. The highest BCUT2D eigenvalue weighted by Crippen LogP contribution is 2.30. The van der Waals surface area contributed by atoms with E-state index in [0.717, 1.165) is 0 Å². The molecule has 0 bridgehead atoms. The molecule has 0 spiro atoms. The summed E-state index contributed by atoms with van der Waals surface area (Å²) in [5, 5.41) is 2.61. The van der Waals surface area contributed by atoms with Crippen molar-refractivity contribution in [3.63, 3.8) is 0 Å². The van der Waals surface area contributed by atoms with Crippen LogP contribution in [0.3, 0.4) is 0 Å². The lowest BCUT2D eigenvalue weighted by Gasteiger charge is -2.43. The van der Waals surface area contributed by atoms with Gasteiger partial charge in [-0.25, -0.2) is 0 Å². The highest BCUT2D eigenvalue weighted by Gasteiger charge is 2.53. The van der Waals surface area contributed by atoms with Crippen LogP contribution in [-0.4, -0.2) is 17.7 Å². The number of hydrogen-bond acceptors (Lipinski definition) is 2. The average molecular weight is 111 g/mol. The van der Waals surface area contributed by atoms with Crippen molar-refractivity contribution in [3.05, 3.63) is 0 Å². The van der Waals surface area contributed by atoms with Crippen molar-refractivity contribution in [2.24, 2.45) is 5.92 Å². The van der Waals surface area contributed by atoms with Crippen molar-refractivity contribution in [2.45, 2.75) is 12.5 Å². The van der Waals surface area contributed by atoms with Crippen LogP contribution in [0.4, 0.5) is 0 Å². The van der Waals surface area contributed by atoms with E-state index in [1.54, 1.807) is 0 Å². The number of amides is 1. The Labute approximate surface area is 46.1 Å². The molecular formula is C5H5NO2. The third kappa shape index (κ3) is 0.240. The van der Waals surface area contributed by atoms with Crippen LogP contribution in [0.1, 0.15) is 6.42 Å². The summed E-state index contributed by atoms with van der Waals surface area (Å²) >= 11 is 0. The van der Waals surface area contributed by atoms with Crippen LogP contribution in [-0.2, 0) is 9.59 Å². The summed E-state index contributed by atoms with van der Waals surface area (Å²) in [7, 11) is 0. The van der Waals surface area contributed by atoms with Crippen LogP contribution < -0.4 is 5.32 Å². The summed E-state index contributed by atoms with van der Waals surface area (Å²) in [6.45, 7) is 0. The molecule has 1 amide bonds. The first kappa shape index (κ1) is 4.06. The van der Waals surface area contributed by atoms with Crippen molar-refractivity contribution in [1.29, 1.82) is 0 Å². The van der Waals surface area contributed by atoms with E-state index in [1.165, 1.54) is 0 Å². The lowest BCUT2D eigenvalue weighted by Crippen LogP contribution is -2.69. The maximum Gasteiger partial charge on any atom is 0.232 e. The third-order valence-electron chi connectivity index (χ3n) is 1.78. The van der Waals surface area contributed by atoms with Gasteiger partial charge in [0.25, 0.3) is 0 Å². The number of nitrogens with one attached hydrogen (secondary N) is 1. The Bertz CT molecular complexity index is 157. The smallest absolute Gasteiger partial charge is 0.232 e. The predicted octanol–water partition coefficient (Wildman–Crippen LogP) is -0.926. The van der Waals surface area contributed by atoms with Crippen molar-refractivity contribution in [1.82, 2.24) is 5.32 Å². The molecule has 3 nitrogen and oxygen atoms in total. The Morgan fingerprint density at radius 1 is 1.50 bits per heavy atom. The van der Waals surface area contributed by atoms with E-state index >= 15 is 0 Å². The van der Waals surface area contributed by atoms with E-state index in [2.05, 4.69) is 5.32 Å². The minimum Gasteiger partial charge on any atom is -0.351 e. The van der Waals surface area contributed by atoms with Crippen molar-refractivity contribution < 1.29 is 9.59 Å². The number of fused-ring (bicyclic) bond motifs is 1. The normalized spacial score (nSPS) is 41.5. The Hall–Kier alpha value is -0.860. The molecule has 0 unspecified atom stereocenters. The van der Waals surface area contributed by atoms with E-state index < -0.39 is 0 Å². The first-order chi connectivity index (χ1) is 3.79. The molecule has 2 atom stereocenters. The number of hydrogen-bond donors (Lipinski definition) is 1. The van der Waals surface area contributed by atoms with Gasteiger partial charge in [-0.2, -0.15) is 0 Å². The fourth-order valence-electron chi connectivity index (χ4n) is 1.17. The number of carbonyl (C=O) groups excluding carboxylic acids is 2. The van der Waals surface area contributed by atoms with Gasteiger partial charge in [-0.05, 0) is 0 Å². The highest BCUT2D eigenvalue weighted by atomic mass is 16.2. The van der Waals surface area contributed by atoms with Gasteiger partial charge in [0, 0.05) is 6.42 Å². The number of piperidine rings is 1. The Morgan fingerprint density at radius 3 is 2.50 bits per heavy atom. The van der Waals surface area contributed by atoms with Crippen LogP contribution in [0, 0.1) is 5.92 Å². The molecule has 3 heteroatoms. The van der Waals surface area contributed by atoms with Crippen molar-refractivity contribution >= 4 is 11.7 Å². The van der Waals surface area contributed by atoms with E-state index in [-0.39, 0.29) is 23.7 Å². The molecule has 1 aliphatic carbocycles. The second-order valence-electron chi connectivity index (χ2n) is 2.26. The zero-order valence-corrected chi connectivity index (χ0v) is 4.18. The van der Waals surface area contributed by atoms with Gasteiger partial charge in [0.2, 0.25) is 5.91 Å². The molecule has 0 radical (unpaired) electrons. The summed E-state index contributed by atoms with van der Waals surface area (Å²) in [6.07, 6.45) is 0.566. The monoisotopic (exact) mass is 111 g/mol. The van der Waals surface area contributed by atoms with E-state index in [9.17, 15) is 9.59 Å². The van der Waals surface area contributed by atoms with E-state index in [1.807, 2.05) is 0 Å². The van der Waals surface area contributed by atoms with Crippen LogP contribution in [0.15, 0.2) is 0 Å². The number of β-lactam (4-membered cyclic amide) rings is 1. The molecule has 8 heavy (non-hydrogen) atoms. The molecule has 1 saturated carbocycles. The fourth-order valence-corrected chi connectivity index (χ4v) is 1.17. The molecule has 2 fully saturated rings. The zero-order chi connectivity index (χ0) is 5.72. The average Bonchev–Trinajstić information content (AvgIpc) is 1.63. The molecule has 1 saturated heterocycles. The topological polar surface area (TPSA) is 46.2 Å². The SMILES string of the molecule is O=C1C[C@@H]2NC(=O)[C@H]12. The number of Topliss-reactive ketones (excluding diaryl/α,β-unsaturated/α-hetero) is 1. The first-order valence-electron chi connectivity index (χ1n) is 2.62. The maximum absolute atomic E-state index is 10.4. The summed E-state index contributed by atoms with van der Waals surface area (Å²) in [6, 6.07) is 0.218. The summed E-state index contributed by atoms with van der Waals surface area (Å²) < 4.78 is 0. The van der Waals surface area contributed by atoms with Crippen molar-refractivity contribution in [3.8, 4) is 0 Å². The molecule has 42 valence electrons. The van der Waals surface area contributed by atoms with E-state index in [4.69, 9.17) is 0 Å². The molecule has 2 rings (SSSR count). The van der Waals surface area contributed by atoms with Crippen molar-refractivity contribution in [2.75, 3.05) is 0 Å². The van der Waals surface area contributed by atoms with Gasteiger partial charge < -0.3 is 5.32 Å². The van der Waals surface area contributed by atoms with E-state index in [0.29, 0.717) is 6.42 Å². The van der Waals surface area contributed by atoms with Gasteiger partial charge >= 0.3 is 0 Å². The highest BCUT2D eigenvalue weighted by molar-refractivity contribution is 6.12. The molecule has 1 aliphatic heterocycles. The Kier molecular flexibility index (Phi) is 0.477. The minimum atomic E-state index is -0.241. The second-order valence-corrected chi connectivity index (χ2v) is 2.26. The molecular weight excluding hydrogens is 106 g/mol. The zero-order valence-electron chi connectivity index (χ0n) is 4.18. The Morgan fingerprint density at radius 2 is 2.25 bits per heavy atom. The fraction of sp³-hybridized carbons (Fsp3) is 0.600. The molecule has 0 aromatic heterocycles. The quantitative estimate of drug-likeness (QED) is 0.324. The first-order valence-corrected chi connectivity index (χ1v) is 2.62. The van der Waals surface area contributed by atoms with Gasteiger partial charge in [0.15, 0.2) is 0 Å². The lowest BCUT2D eigenvalue weighted by molar-refractivity contribution is -0.153. The summed E-state index contributed by atoms with van der Waals surface area (Å²) in [4.78, 5) is 20.8. The standard InChI is InChI=1S/C5H5NO2/c7-3-1-2-4(3)5(8)6-2/h2,4H,1H2,(H,6,8)/t2-,4-/m0/s1. The lowest BCUT2D eigenvalue weighted by atomic mass is 9.71. The summed E-state index contributed by atoms with van der Waals surface area (Å²) in [5.41, 5.74) is 0. The molecule has 1 heterocycles. The third-order valence-corrected chi connectivity index (χ3v) is 1.78. The number of ketones is 1. The van der Waals surface area contributed by atoms with Gasteiger partial charge in [0.05, 0.1) is 6.04 Å². The van der Waals surface area contributed by atoms with Crippen LogP contribution in [0.25, 0.3) is 0 Å². The van der Waals surface area contributed by atoms with Gasteiger partial charge in [-0.1, -0.05) is 0 Å². The van der Waals surface area contributed by atoms with Crippen LogP contribution in [0.5, 0.6) is 0 Å². The number of rotatable bonds is 0. The second kappa shape index (κ2) is 0.940. The van der Waals surface area contributed by atoms with Gasteiger partial charge in [-0.3, -0.25) is 9.59 Å². The molecule has 2 aliphatic rings. The summed E-state index contributed by atoms with van der Waals surface area (Å²) in [5.74, 6) is -0.208. The molecule has 0 aromatic rings. The predicted molar refractivity (Wildman–Crippen MR) is 25.0 cm³/mol. The molecule has 1 N–H and O–H groups in total.